The lowest BCUT2D eigenvalue weighted by molar-refractivity contribution is -0.142. The van der Waals surface area contributed by atoms with E-state index in [1.165, 1.54) is 5.56 Å². The molecule has 0 bridgehead atoms. The zero-order chi connectivity index (χ0) is 20.0. The summed E-state index contributed by atoms with van der Waals surface area (Å²) in [6.45, 7) is 4.09. The maximum atomic E-state index is 11.7. The summed E-state index contributed by atoms with van der Waals surface area (Å²) in [6, 6.07) is 6.20. The number of aryl methyl sites for hydroxylation is 2. The van der Waals surface area contributed by atoms with Crippen molar-refractivity contribution in [2.75, 3.05) is 0 Å². The number of benzene rings is 1. The SMILES string of the molecule is CCc1ccc(C(N[C@@H](Cc2ccc[nH]2)C(=O)O)C(N)C(=O)O)cc1CC. The third-order valence-corrected chi connectivity index (χ3v) is 4.76. The van der Waals surface area contributed by atoms with Crippen molar-refractivity contribution in [3.8, 4) is 0 Å². The minimum atomic E-state index is -1.27. The van der Waals surface area contributed by atoms with Gasteiger partial charge in [-0.3, -0.25) is 14.9 Å². The van der Waals surface area contributed by atoms with Crippen molar-refractivity contribution in [3.05, 3.63) is 58.9 Å². The third kappa shape index (κ3) is 5.18. The van der Waals surface area contributed by atoms with Crippen LogP contribution in [0.5, 0.6) is 0 Å². The van der Waals surface area contributed by atoms with Crippen molar-refractivity contribution in [3.63, 3.8) is 0 Å². The Kier molecular flexibility index (Phi) is 7.15. The van der Waals surface area contributed by atoms with E-state index in [1.54, 1.807) is 18.3 Å². The van der Waals surface area contributed by atoms with Crippen molar-refractivity contribution in [1.29, 1.82) is 0 Å². The minimum Gasteiger partial charge on any atom is -0.480 e. The van der Waals surface area contributed by atoms with E-state index in [-0.39, 0.29) is 6.42 Å². The van der Waals surface area contributed by atoms with Crippen molar-refractivity contribution in [2.45, 2.75) is 51.2 Å². The molecule has 0 saturated carbocycles. The third-order valence-electron chi connectivity index (χ3n) is 4.76. The number of aliphatic carboxylic acids is 2. The van der Waals surface area contributed by atoms with E-state index in [1.807, 2.05) is 25.1 Å². The van der Waals surface area contributed by atoms with E-state index < -0.39 is 30.1 Å². The summed E-state index contributed by atoms with van der Waals surface area (Å²) in [6.07, 6.45) is 3.58. The van der Waals surface area contributed by atoms with Crippen LogP contribution < -0.4 is 11.1 Å². The van der Waals surface area contributed by atoms with Gasteiger partial charge in [-0.25, -0.2) is 0 Å². The second kappa shape index (κ2) is 9.34. The van der Waals surface area contributed by atoms with Crippen LogP contribution >= 0.6 is 0 Å². The highest BCUT2D eigenvalue weighted by Gasteiger charge is 2.31. The van der Waals surface area contributed by atoms with Crippen molar-refractivity contribution >= 4 is 11.9 Å². The quantitative estimate of drug-likeness (QED) is 0.432. The molecule has 2 rings (SSSR count). The smallest absolute Gasteiger partial charge is 0.322 e. The van der Waals surface area contributed by atoms with Gasteiger partial charge in [0, 0.05) is 18.3 Å². The van der Waals surface area contributed by atoms with Crippen LogP contribution in [0.3, 0.4) is 0 Å². The fourth-order valence-corrected chi connectivity index (χ4v) is 3.21. The van der Waals surface area contributed by atoms with Gasteiger partial charge in [-0.15, -0.1) is 0 Å². The number of carboxylic acid groups (broad SMARTS) is 2. The standard InChI is InChI=1S/C20H27N3O4/c1-3-12-7-8-14(10-13(12)4-2)18(17(21)20(26)27)23-16(19(24)25)11-15-6-5-9-22-15/h5-10,16-18,22-23H,3-4,11,21H2,1-2H3,(H,24,25)(H,26,27)/t16-,17?,18?/m0/s1. The Labute approximate surface area is 158 Å². The van der Waals surface area contributed by atoms with Gasteiger partial charge in [-0.1, -0.05) is 32.0 Å². The molecule has 0 aliphatic heterocycles. The van der Waals surface area contributed by atoms with E-state index >= 15 is 0 Å². The van der Waals surface area contributed by atoms with Crippen LogP contribution in [0.1, 0.15) is 42.3 Å². The molecule has 0 fully saturated rings. The molecule has 1 heterocycles. The number of aromatic amines is 1. The van der Waals surface area contributed by atoms with Gasteiger partial charge < -0.3 is 20.9 Å². The molecule has 7 nitrogen and oxygen atoms in total. The Hall–Kier alpha value is -2.64. The van der Waals surface area contributed by atoms with Crippen LogP contribution in [0, 0.1) is 0 Å². The number of aromatic nitrogens is 1. The lowest BCUT2D eigenvalue weighted by Gasteiger charge is -2.27. The number of carboxylic acids is 2. The van der Waals surface area contributed by atoms with E-state index in [0.29, 0.717) is 5.56 Å². The number of nitrogens with two attached hydrogens (primary N) is 1. The van der Waals surface area contributed by atoms with Crippen LogP contribution in [0.4, 0.5) is 0 Å². The van der Waals surface area contributed by atoms with Crippen molar-refractivity contribution < 1.29 is 19.8 Å². The Bertz CT molecular complexity index is 774. The summed E-state index contributed by atoms with van der Waals surface area (Å²) in [7, 11) is 0. The van der Waals surface area contributed by atoms with Gasteiger partial charge in [0.15, 0.2) is 0 Å². The molecule has 27 heavy (non-hydrogen) atoms. The predicted octanol–water partition coefficient (Wildman–Crippen LogP) is 1.88. The van der Waals surface area contributed by atoms with Gasteiger partial charge in [0.05, 0.1) is 6.04 Å². The van der Waals surface area contributed by atoms with Crippen LogP contribution in [0.2, 0.25) is 0 Å². The van der Waals surface area contributed by atoms with Crippen LogP contribution in [0.25, 0.3) is 0 Å². The number of rotatable bonds is 10. The molecule has 3 atom stereocenters. The Morgan fingerprint density at radius 3 is 2.33 bits per heavy atom. The van der Waals surface area contributed by atoms with Gasteiger partial charge in [0.1, 0.15) is 12.1 Å². The molecule has 146 valence electrons. The lowest BCUT2D eigenvalue weighted by atomic mass is 9.92. The van der Waals surface area contributed by atoms with Crippen molar-refractivity contribution in [1.82, 2.24) is 10.3 Å². The number of carbonyl (C=O) groups is 2. The molecule has 0 radical (unpaired) electrons. The van der Waals surface area contributed by atoms with E-state index in [9.17, 15) is 19.8 Å². The minimum absolute atomic E-state index is 0.193. The molecule has 6 N–H and O–H groups in total. The maximum absolute atomic E-state index is 11.7. The Balaban J connectivity index is 2.36. The molecular formula is C20H27N3O4. The normalized spacial score (nSPS) is 14.5. The predicted molar refractivity (Wildman–Crippen MR) is 103 cm³/mol. The highest BCUT2D eigenvalue weighted by molar-refractivity contribution is 5.76. The Morgan fingerprint density at radius 1 is 1.11 bits per heavy atom. The van der Waals surface area contributed by atoms with Gasteiger partial charge in [-0.05, 0) is 41.7 Å². The summed E-state index contributed by atoms with van der Waals surface area (Å²) in [4.78, 5) is 26.3. The molecule has 0 aliphatic rings. The topological polar surface area (TPSA) is 128 Å². The monoisotopic (exact) mass is 373 g/mol. The fraction of sp³-hybridized carbons (Fsp3) is 0.400. The van der Waals surface area contributed by atoms with E-state index in [4.69, 9.17) is 5.73 Å². The maximum Gasteiger partial charge on any atom is 0.322 e. The van der Waals surface area contributed by atoms with Crippen molar-refractivity contribution in [2.24, 2.45) is 5.73 Å². The molecule has 0 saturated heterocycles. The summed E-state index contributed by atoms with van der Waals surface area (Å²) >= 11 is 0. The fourth-order valence-electron chi connectivity index (χ4n) is 3.21. The molecule has 1 aromatic heterocycles. The highest BCUT2D eigenvalue weighted by atomic mass is 16.4. The van der Waals surface area contributed by atoms with Gasteiger partial charge in [0.25, 0.3) is 0 Å². The molecule has 2 aromatic rings. The zero-order valence-corrected chi connectivity index (χ0v) is 15.6. The second-order valence-corrected chi connectivity index (χ2v) is 6.53. The first-order valence-electron chi connectivity index (χ1n) is 9.08. The van der Waals surface area contributed by atoms with Gasteiger partial charge in [0.2, 0.25) is 0 Å². The van der Waals surface area contributed by atoms with Gasteiger partial charge in [-0.2, -0.15) is 0 Å². The first-order chi connectivity index (χ1) is 12.9. The Morgan fingerprint density at radius 2 is 1.81 bits per heavy atom. The zero-order valence-electron chi connectivity index (χ0n) is 15.6. The molecule has 0 spiro atoms. The molecule has 2 unspecified atom stereocenters. The summed E-state index contributed by atoms with van der Waals surface area (Å²) in [5.74, 6) is -2.25. The first-order valence-corrected chi connectivity index (χ1v) is 9.08. The van der Waals surface area contributed by atoms with Crippen LogP contribution in [-0.4, -0.2) is 39.2 Å². The number of nitrogens with one attached hydrogen (secondary N) is 2. The molecule has 0 amide bonds. The number of H-pyrrole nitrogens is 1. The largest absolute Gasteiger partial charge is 0.480 e. The lowest BCUT2D eigenvalue weighted by Crippen LogP contribution is -2.50. The second-order valence-electron chi connectivity index (χ2n) is 6.53. The average molecular weight is 373 g/mol. The summed E-state index contributed by atoms with van der Waals surface area (Å²) in [5, 5.41) is 22.0. The molecule has 0 aliphatic carbocycles. The molecular weight excluding hydrogens is 346 g/mol. The highest BCUT2D eigenvalue weighted by Crippen LogP contribution is 2.22. The molecule has 1 aromatic carbocycles. The number of hydrogen-bond acceptors (Lipinski definition) is 4. The molecule has 7 heteroatoms. The average Bonchev–Trinajstić information content (AvgIpc) is 3.16. The van der Waals surface area contributed by atoms with Gasteiger partial charge >= 0.3 is 11.9 Å². The summed E-state index contributed by atoms with van der Waals surface area (Å²) < 4.78 is 0. The first kappa shape index (κ1) is 20.7. The van der Waals surface area contributed by atoms with E-state index in [0.717, 1.165) is 24.1 Å². The van der Waals surface area contributed by atoms with E-state index in [2.05, 4.69) is 17.2 Å². The summed E-state index contributed by atoms with van der Waals surface area (Å²) in [5.41, 5.74) is 9.63. The van der Waals surface area contributed by atoms with Crippen LogP contribution in [0.15, 0.2) is 36.5 Å². The van der Waals surface area contributed by atoms with Crippen LogP contribution in [-0.2, 0) is 28.9 Å². The number of hydrogen-bond donors (Lipinski definition) is 5.